The summed E-state index contributed by atoms with van der Waals surface area (Å²) in [6.45, 7) is 1.73. The van der Waals surface area contributed by atoms with Crippen LogP contribution in [0.1, 0.15) is 18.5 Å². The Morgan fingerprint density at radius 2 is 2.11 bits per heavy atom. The van der Waals surface area contributed by atoms with Crippen molar-refractivity contribution in [3.05, 3.63) is 11.8 Å². The van der Waals surface area contributed by atoms with E-state index in [2.05, 4.69) is 14.7 Å². The molecule has 0 spiro atoms. The Labute approximate surface area is 112 Å². The number of methoxy groups -OCH3 is 1. The number of hydrogen-bond acceptors (Lipinski definition) is 5. The average Bonchev–Trinajstić information content (AvgIpc) is 2.27. The Kier molecular flexibility index (Phi) is 5.61. The molecule has 0 fully saturated rings. The minimum Gasteiger partial charge on any atom is -0.481 e. The number of aromatic nitrogens is 2. The van der Waals surface area contributed by atoms with Crippen molar-refractivity contribution in [2.45, 2.75) is 19.8 Å². The SMILES string of the molecule is COc1cc(C)nc(NS(=O)(=O)CCCCCl)n1. The first-order valence-electron chi connectivity index (χ1n) is 5.43. The van der Waals surface area contributed by atoms with E-state index in [1.54, 1.807) is 13.0 Å². The molecule has 0 saturated carbocycles. The maximum Gasteiger partial charge on any atom is 0.240 e. The zero-order valence-corrected chi connectivity index (χ0v) is 11.9. The summed E-state index contributed by atoms with van der Waals surface area (Å²) in [4.78, 5) is 7.90. The molecule has 6 nitrogen and oxygen atoms in total. The van der Waals surface area contributed by atoms with Crippen LogP contribution >= 0.6 is 11.6 Å². The van der Waals surface area contributed by atoms with Gasteiger partial charge < -0.3 is 4.74 Å². The summed E-state index contributed by atoms with van der Waals surface area (Å²) >= 11 is 5.49. The highest BCUT2D eigenvalue weighted by Crippen LogP contribution is 2.12. The Morgan fingerprint density at radius 3 is 2.72 bits per heavy atom. The number of nitrogens with one attached hydrogen (secondary N) is 1. The third-order valence-electron chi connectivity index (χ3n) is 2.08. The molecule has 1 N–H and O–H groups in total. The van der Waals surface area contributed by atoms with Gasteiger partial charge in [0.25, 0.3) is 0 Å². The number of hydrogen-bond donors (Lipinski definition) is 1. The van der Waals surface area contributed by atoms with Crippen LogP contribution in [0.3, 0.4) is 0 Å². The fourth-order valence-electron chi connectivity index (χ4n) is 1.27. The summed E-state index contributed by atoms with van der Waals surface area (Å²) in [5.74, 6) is 0.794. The van der Waals surface area contributed by atoms with Gasteiger partial charge in [0, 0.05) is 17.6 Å². The first-order chi connectivity index (χ1) is 8.46. The van der Waals surface area contributed by atoms with E-state index in [0.717, 1.165) is 0 Å². The average molecular weight is 294 g/mol. The van der Waals surface area contributed by atoms with E-state index >= 15 is 0 Å². The van der Waals surface area contributed by atoms with Gasteiger partial charge in [-0.3, -0.25) is 4.72 Å². The van der Waals surface area contributed by atoms with Gasteiger partial charge in [0.2, 0.25) is 21.9 Å². The van der Waals surface area contributed by atoms with E-state index in [-0.39, 0.29) is 11.7 Å². The molecule has 0 atom stereocenters. The van der Waals surface area contributed by atoms with Crippen LogP contribution < -0.4 is 9.46 Å². The maximum absolute atomic E-state index is 11.7. The Balaban J connectivity index is 2.74. The van der Waals surface area contributed by atoms with Crippen LogP contribution in [0.4, 0.5) is 5.95 Å². The molecule has 0 aliphatic rings. The lowest BCUT2D eigenvalue weighted by atomic mass is 10.4. The lowest BCUT2D eigenvalue weighted by Crippen LogP contribution is -2.18. The number of unbranched alkanes of at least 4 members (excludes halogenated alkanes) is 1. The van der Waals surface area contributed by atoms with Gasteiger partial charge in [0.05, 0.1) is 12.9 Å². The first kappa shape index (κ1) is 15.0. The van der Waals surface area contributed by atoms with Gasteiger partial charge in [0.1, 0.15) is 0 Å². The Morgan fingerprint density at radius 1 is 1.39 bits per heavy atom. The van der Waals surface area contributed by atoms with E-state index in [1.165, 1.54) is 7.11 Å². The lowest BCUT2D eigenvalue weighted by Gasteiger charge is -2.08. The highest BCUT2D eigenvalue weighted by Gasteiger charge is 2.12. The second-order valence-corrected chi connectivity index (χ2v) is 5.91. The molecule has 0 amide bonds. The molecule has 0 aliphatic heterocycles. The highest BCUT2D eigenvalue weighted by molar-refractivity contribution is 7.92. The molecule has 8 heteroatoms. The van der Waals surface area contributed by atoms with Gasteiger partial charge in [-0.15, -0.1) is 11.6 Å². The normalized spacial score (nSPS) is 11.3. The van der Waals surface area contributed by atoms with Crippen LogP contribution in [-0.2, 0) is 10.0 Å². The molecule has 1 rings (SSSR count). The lowest BCUT2D eigenvalue weighted by molar-refractivity contribution is 0.397. The van der Waals surface area contributed by atoms with Gasteiger partial charge >= 0.3 is 0 Å². The molecule has 102 valence electrons. The smallest absolute Gasteiger partial charge is 0.240 e. The van der Waals surface area contributed by atoms with Crippen LogP contribution in [0.5, 0.6) is 5.88 Å². The van der Waals surface area contributed by atoms with Crippen LogP contribution in [0.25, 0.3) is 0 Å². The quantitative estimate of drug-likeness (QED) is 0.609. The van der Waals surface area contributed by atoms with Crippen molar-refractivity contribution in [3.8, 4) is 5.88 Å². The first-order valence-corrected chi connectivity index (χ1v) is 7.61. The number of ether oxygens (including phenoxy) is 1. The molecule has 1 aromatic heterocycles. The van der Waals surface area contributed by atoms with Gasteiger partial charge in [-0.25, -0.2) is 13.4 Å². The van der Waals surface area contributed by atoms with Crippen molar-refractivity contribution in [2.75, 3.05) is 23.5 Å². The third-order valence-corrected chi connectivity index (χ3v) is 3.67. The van der Waals surface area contributed by atoms with Crippen molar-refractivity contribution in [1.29, 1.82) is 0 Å². The second-order valence-electron chi connectivity index (χ2n) is 3.69. The number of rotatable bonds is 7. The molecule has 1 aromatic rings. The number of aryl methyl sites for hydroxylation is 1. The monoisotopic (exact) mass is 293 g/mol. The summed E-state index contributed by atoms with van der Waals surface area (Å²) in [5, 5.41) is 0. The van der Waals surface area contributed by atoms with Gasteiger partial charge in [-0.2, -0.15) is 4.98 Å². The van der Waals surface area contributed by atoms with E-state index < -0.39 is 10.0 Å². The summed E-state index contributed by atoms with van der Waals surface area (Å²) < 4.78 is 30.7. The largest absolute Gasteiger partial charge is 0.481 e. The minimum absolute atomic E-state index is 0.000657. The molecule has 0 saturated heterocycles. The molecule has 0 radical (unpaired) electrons. The Hall–Kier alpha value is -1.08. The number of anilines is 1. The number of halogens is 1. The van der Waals surface area contributed by atoms with Gasteiger partial charge in [-0.05, 0) is 19.8 Å². The molecule has 0 bridgehead atoms. The highest BCUT2D eigenvalue weighted by atomic mass is 35.5. The van der Waals surface area contributed by atoms with E-state index in [0.29, 0.717) is 30.3 Å². The predicted octanol–water partition coefficient (Wildman–Crippen LogP) is 1.55. The number of alkyl halides is 1. The molecule has 1 heterocycles. The fourth-order valence-corrected chi connectivity index (χ4v) is 2.51. The summed E-state index contributed by atoms with van der Waals surface area (Å²) in [6, 6.07) is 1.62. The summed E-state index contributed by atoms with van der Waals surface area (Å²) in [5.41, 5.74) is 0.625. The molecule has 0 unspecified atom stereocenters. The summed E-state index contributed by atoms with van der Waals surface area (Å²) in [6.07, 6.45) is 1.16. The van der Waals surface area contributed by atoms with Crippen molar-refractivity contribution >= 4 is 27.6 Å². The summed E-state index contributed by atoms with van der Waals surface area (Å²) in [7, 11) is -1.98. The standard InChI is InChI=1S/C10H16ClN3O3S/c1-8-7-9(17-2)13-10(12-8)14-18(15,16)6-4-3-5-11/h7H,3-6H2,1-2H3,(H,12,13,14). The van der Waals surface area contributed by atoms with Crippen LogP contribution in [0.2, 0.25) is 0 Å². The molecular weight excluding hydrogens is 278 g/mol. The maximum atomic E-state index is 11.7. The minimum atomic E-state index is -3.44. The number of nitrogens with zero attached hydrogens (tertiary/aromatic N) is 2. The van der Waals surface area contributed by atoms with Crippen molar-refractivity contribution < 1.29 is 13.2 Å². The molecule has 0 aliphatic carbocycles. The second kappa shape index (κ2) is 6.75. The Bertz CT molecular complexity index is 493. The fraction of sp³-hybridized carbons (Fsp3) is 0.600. The van der Waals surface area contributed by atoms with Gasteiger partial charge in [0.15, 0.2) is 0 Å². The van der Waals surface area contributed by atoms with Crippen LogP contribution in [0, 0.1) is 6.92 Å². The number of sulfonamides is 1. The van der Waals surface area contributed by atoms with Crippen LogP contribution in [-0.4, -0.2) is 37.1 Å². The van der Waals surface area contributed by atoms with E-state index in [4.69, 9.17) is 16.3 Å². The predicted molar refractivity (Wildman–Crippen MR) is 70.7 cm³/mol. The third kappa shape index (κ3) is 5.05. The van der Waals surface area contributed by atoms with E-state index in [1.807, 2.05) is 0 Å². The van der Waals surface area contributed by atoms with E-state index in [9.17, 15) is 8.42 Å². The van der Waals surface area contributed by atoms with Crippen molar-refractivity contribution in [3.63, 3.8) is 0 Å². The zero-order valence-electron chi connectivity index (χ0n) is 10.3. The molecule has 18 heavy (non-hydrogen) atoms. The van der Waals surface area contributed by atoms with Gasteiger partial charge in [-0.1, -0.05) is 0 Å². The topological polar surface area (TPSA) is 81.2 Å². The molecule has 0 aromatic carbocycles. The molecular formula is C10H16ClN3O3S. The van der Waals surface area contributed by atoms with Crippen LogP contribution in [0.15, 0.2) is 6.07 Å². The van der Waals surface area contributed by atoms with Crippen molar-refractivity contribution in [1.82, 2.24) is 9.97 Å². The zero-order chi connectivity index (χ0) is 13.6. The van der Waals surface area contributed by atoms with Crippen molar-refractivity contribution in [2.24, 2.45) is 0 Å².